The van der Waals surface area contributed by atoms with Crippen LogP contribution in [0.1, 0.15) is 15.9 Å². The van der Waals surface area contributed by atoms with Gasteiger partial charge in [-0.25, -0.2) is 4.98 Å². The van der Waals surface area contributed by atoms with Crippen molar-refractivity contribution < 1.29 is 4.79 Å². The summed E-state index contributed by atoms with van der Waals surface area (Å²) in [4.78, 5) is 16.8. The van der Waals surface area contributed by atoms with Crippen LogP contribution in [0.15, 0.2) is 90.1 Å². The number of rotatable bonds is 6. The molecule has 2 N–H and O–H groups in total. The van der Waals surface area contributed by atoms with Gasteiger partial charge in [-0.1, -0.05) is 72.4 Å². The molecule has 1 amide bonds. The van der Waals surface area contributed by atoms with Gasteiger partial charge in [0.25, 0.3) is 5.91 Å². The van der Waals surface area contributed by atoms with Crippen molar-refractivity contribution in [2.24, 2.45) is 0 Å². The van der Waals surface area contributed by atoms with Crippen LogP contribution in [0.4, 0.5) is 5.69 Å². The van der Waals surface area contributed by atoms with E-state index in [0.717, 1.165) is 28.4 Å². The molecule has 4 rings (SSSR count). The number of nitrogens with one attached hydrogen (secondary N) is 2. The van der Waals surface area contributed by atoms with Gasteiger partial charge in [0.2, 0.25) is 5.16 Å². The molecule has 0 saturated carbocycles. The summed E-state index contributed by atoms with van der Waals surface area (Å²) in [7, 11) is 0. The van der Waals surface area contributed by atoms with Gasteiger partial charge < -0.3 is 5.32 Å². The number of amides is 1. The van der Waals surface area contributed by atoms with Crippen LogP contribution in [-0.4, -0.2) is 21.1 Å². The highest BCUT2D eigenvalue weighted by Gasteiger charge is 2.08. The highest BCUT2D eigenvalue weighted by atomic mass is 32.2. The van der Waals surface area contributed by atoms with Crippen LogP contribution in [0.5, 0.6) is 0 Å². The predicted molar refractivity (Wildman–Crippen MR) is 112 cm³/mol. The maximum Gasteiger partial charge on any atom is 0.255 e. The van der Waals surface area contributed by atoms with Crippen molar-refractivity contribution in [3.05, 3.63) is 96.1 Å². The minimum Gasteiger partial charge on any atom is -0.322 e. The van der Waals surface area contributed by atoms with E-state index in [4.69, 9.17) is 0 Å². The highest BCUT2D eigenvalue weighted by molar-refractivity contribution is 7.98. The third-order valence-corrected chi connectivity index (χ3v) is 5.05. The lowest BCUT2D eigenvalue weighted by Crippen LogP contribution is -2.11. The number of para-hydroxylation sites is 1. The topological polar surface area (TPSA) is 70.7 Å². The SMILES string of the molecule is O=C(Nc1ccccc1)c1ccc(CSc2n[nH]c(-c3ccccc3)n2)cc1. The zero-order valence-electron chi connectivity index (χ0n) is 15.0. The molecule has 0 saturated heterocycles. The van der Waals surface area contributed by atoms with Crippen LogP contribution in [0.3, 0.4) is 0 Å². The Bertz CT molecular complexity index is 1050. The van der Waals surface area contributed by atoms with Crippen LogP contribution < -0.4 is 5.32 Å². The standard InChI is InChI=1S/C22H18N4OS/c27-21(23-19-9-5-2-6-10-19)18-13-11-16(12-14-18)15-28-22-24-20(25-26-22)17-7-3-1-4-8-17/h1-14H,15H2,(H,23,27)(H,24,25,26). The third kappa shape index (κ3) is 4.47. The summed E-state index contributed by atoms with van der Waals surface area (Å²) in [5.41, 5.74) is 3.52. The molecule has 28 heavy (non-hydrogen) atoms. The van der Waals surface area contributed by atoms with Gasteiger partial charge in [0.05, 0.1) is 0 Å². The van der Waals surface area contributed by atoms with Crippen LogP contribution in [0, 0.1) is 0 Å². The lowest BCUT2D eigenvalue weighted by atomic mass is 10.1. The van der Waals surface area contributed by atoms with E-state index in [0.29, 0.717) is 10.7 Å². The van der Waals surface area contributed by atoms with E-state index < -0.39 is 0 Å². The molecule has 5 nitrogen and oxygen atoms in total. The second-order valence-corrected chi connectivity index (χ2v) is 7.08. The molecular formula is C22H18N4OS. The maximum absolute atomic E-state index is 12.3. The van der Waals surface area contributed by atoms with Gasteiger partial charge in [0.15, 0.2) is 5.82 Å². The number of hydrogen-bond donors (Lipinski definition) is 2. The normalized spacial score (nSPS) is 10.6. The lowest BCUT2D eigenvalue weighted by Gasteiger charge is -2.06. The zero-order chi connectivity index (χ0) is 19.2. The molecule has 1 heterocycles. The second kappa shape index (κ2) is 8.54. The average molecular weight is 386 g/mol. The fraction of sp³-hybridized carbons (Fsp3) is 0.0455. The van der Waals surface area contributed by atoms with Gasteiger partial charge in [0, 0.05) is 22.6 Å². The molecule has 0 bridgehead atoms. The number of anilines is 1. The molecule has 0 fully saturated rings. The molecular weight excluding hydrogens is 368 g/mol. The molecule has 138 valence electrons. The smallest absolute Gasteiger partial charge is 0.255 e. The quantitative estimate of drug-likeness (QED) is 0.457. The van der Waals surface area contributed by atoms with Crippen molar-refractivity contribution in [3.8, 4) is 11.4 Å². The van der Waals surface area contributed by atoms with E-state index in [2.05, 4.69) is 20.5 Å². The molecule has 0 unspecified atom stereocenters. The van der Waals surface area contributed by atoms with E-state index in [1.807, 2.05) is 84.9 Å². The van der Waals surface area contributed by atoms with Gasteiger partial charge in [0.1, 0.15) is 0 Å². The largest absolute Gasteiger partial charge is 0.322 e. The van der Waals surface area contributed by atoms with Crippen molar-refractivity contribution in [3.63, 3.8) is 0 Å². The van der Waals surface area contributed by atoms with Gasteiger partial charge in [-0.05, 0) is 29.8 Å². The molecule has 6 heteroatoms. The van der Waals surface area contributed by atoms with E-state index >= 15 is 0 Å². The minimum atomic E-state index is -0.119. The summed E-state index contributed by atoms with van der Waals surface area (Å²) >= 11 is 1.55. The van der Waals surface area contributed by atoms with Crippen molar-refractivity contribution in [2.45, 2.75) is 10.9 Å². The molecule has 3 aromatic carbocycles. The summed E-state index contributed by atoms with van der Waals surface area (Å²) in [6, 6.07) is 26.9. The van der Waals surface area contributed by atoms with Crippen LogP contribution >= 0.6 is 11.8 Å². The Labute approximate surface area is 167 Å². The van der Waals surface area contributed by atoms with E-state index in [-0.39, 0.29) is 5.91 Å². The summed E-state index contributed by atoms with van der Waals surface area (Å²) in [6.45, 7) is 0. The Balaban J connectivity index is 1.35. The Morgan fingerprint density at radius 1 is 0.893 bits per heavy atom. The zero-order valence-corrected chi connectivity index (χ0v) is 15.8. The molecule has 4 aromatic rings. The number of nitrogens with zero attached hydrogens (tertiary/aromatic N) is 2. The van der Waals surface area contributed by atoms with Gasteiger partial charge in [-0.15, -0.1) is 5.10 Å². The molecule has 0 aliphatic rings. The Kier molecular flexibility index (Phi) is 5.49. The number of hydrogen-bond acceptors (Lipinski definition) is 4. The molecule has 0 aliphatic heterocycles. The number of aromatic amines is 1. The van der Waals surface area contributed by atoms with Crippen LogP contribution in [-0.2, 0) is 5.75 Å². The van der Waals surface area contributed by atoms with Crippen molar-refractivity contribution in [1.29, 1.82) is 0 Å². The Hall–Kier alpha value is -3.38. The fourth-order valence-electron chi connectivity index (χ4n) is 2.66. The maximum atomic E-state index is 12.3. The highest BCUT2D eigenvalue weighted by Crippen LogP contribution is 2.22. The van der Waals surface area contributed by atoms with Crippen LogP contribution in [0.2, 0.25) is 0 Å². The molecule has 0 spiro atoms. The van der Waals surface area contributed by atoms with Crippen molar-refractivity contribution in [2.75, 3.05) is 5.32 Å². The lowest BCUT2D eigenvalue weighted by molar-refractivity contribution is 0.102. The molecule has 0 atom stereocenters. The van der Waals surface area contributed by atoms with E-state index in [9.17, 15) is 4.79 Å². The van der Waals surface area contributed by atoms with Gasteiger partial charge in [-0.2, -0.15) is 0 Å². The summed E-state index contributed by atoms with van der Waals surface area (Å²) in [5, 5.41) is 10.8. The van der Waals surface area contributed by atoms with Gasteiger partial charge >= 0.3 is 0 Å². The Morgan fingerprint density at radius 2 is 1.57 bits per heavy atom. The monoisotopic (exact) mass is 386 g/mol. The first-order chi connectivity index (χ1) is 13.8. The third-order valence-electron chi connectivity index (χ3n) is 4.13. The van der Waals surface area contributed by atoms with E-state index in [1.54, 1.807) is 11.8 Å². The number of carbonyl (C=O) groups excluding carboxylic acids is 1. The molecule has 0 radical (unpaired) electrons. The van der Waals surface area contributed by atoms with E-state index in [1.165, 1.54) is 0 Å². The second-order valence-electron chi connectivity index (χ2n) is 6.14. The fourth-order valence-corrected chi connectivity index (χ4v) is 3.42. The number of benzene rings is 3. The van der Waals surface area contributed by atoms with Crippen molar-refractivity contribution >= 4 is 23.4 Å². The molecule has 1 aromatic heterocycles. The Morgan fingerprint density at radius 3 is 2.29 bits per heavy atom. The summed E-state index contributed by atoms with van der Waals surface area (Å²) < 4.78 is 0. The molecule has 0 aliphatic carbocycles. The average Bonchev–Trinajstić information content (AvgIpc) is 3.23. The summed E-state index contributed by atoms with van der Waals surface area (Å²) in [6.07, 6.45) is 0. The van der Waals surface area contributed by atoms with Gasteiger partial charge in [-0.3, -0.25) is 9.89 Å². The summed E-state index contributed by atoms with van der Waals surface area (Å²) in [5.74, 6) is 1.37. The first-order valence-corrected chi connectivity index (χ1v) is 9.82. The first-order valence-electron chi connectivity index (χ1n) is 8.84. The number of aromatic nitrogens is 3. The van der Waals surface area contributed by atoms with Crippen LogP contribution in [0.25, 0.3) is 11.4 Å². The predicted octanol–water partition coefficient (Wildman–Crippen LogP) is 5.02. The number of carbonyl (C=O) groups is 1. The van der Waals surface area contributed by atoms with Crippen molar-refractivity contribution in [1.82, 2.24) is 15.2 Å². The first kappa shape index (κ1) is 18.0. The number of H-pyrrole nitrogens is 1. The number of thioether (sulfide) groups is 1. The minimum absolute atomic E-state index is 0.119.